The number of rotatable bonds is 6. The minimum atomic E-state index is -4.01. The zero-order chi connectivity index (χ0) is 34.0. The van der Waals surface area contributed by atoms with Gasteiger partial charge in [0, 0.05) is 0 Å². The molecule has 0 N–H and O–H groups in total. The Morgan fingerprint density at radius 3 is 1.21 bits per heavy atom. The molecule has 2 atom stereocenters. The van der Waals surface area contributed by atoms with Crippen LogP contribution in [0.25, 0.3) is 34.4 Å². The molecular weight excluding hydrogens is 731 g/mol. The molecule has 0 heterocycles. The standard InChI is InChI=1S/2C21H23.C2H4.2CH3.Hf/c2*1-5-15-13-17-7-6-8-19(20(17)14-15)16-9-11-18(12-10-16)21(2,3)4;1-2;;;/h2*6-14H,5H2,1-4H3;1H,2H3;2*1H3;. The zero-order valence-corrected chi connectivity index (χ0v) is 34.5. The summed E-state index contributed by atoms with van der Waals surface area (Å²) >= 11 is -4.01. The Bertz CT molecular complexity index is 1820. The van der Waals surface area contributed by atoms with Crippen LogP contribution < -0.4 is 0 Å². The van der Waals surface area contributed by atoms with Crippen molar-refractivity contribution in [3.8, 4) is 22.3 Å². The molecule has 6 rings (SSSR count). The van der Waals surface area contributed by atoms with Crippen LogP contribution in [0.2, 0.25) is 9.36 Å². The van der Waals surface area contributed by atoms with E-state index in [4.69, 9.17) is 0 Å². The van der Waals surface area contributed by atoms with Crippen molar-refractivity contribution in [1.29, 1.82) is 0 Å². The van der Waals surface area contributed by atoms with Crippen molar-refractivity contribution in [2.75, 3.05) is 0 Å². The second-order valence-electron chi connectivity index (χ2n) is 17.3. The Morgan fingerprint density at radius 2 is 0.915 bits per heavy atom. The monoisotopic (exact) mass is 788 g/mol. The van der Waals surface area contributed by atoms with Crippen molar-refractivity contribution in [2.45, 2.75) is 103 Å². The van der Waals surface area contributed by atoms with Gasteiger partial charge in [-0.15, -0.1) is 0 Å². The molecule has 0 fully saturated rings. The number of hydrogen-bond donors (Lipinski definition) is 0. The Kier molecular flexibility index (Phi) is 8.61. The van der Waals surface area contributed by atoms with E-state index in [9.17, 15) is 0 Å². The quantitative estimate of drug-likeness (QED) is 0.171. The van der Waals surface area contributed by atoms with Crippen LogP contribution in [0.1, 0.15) is 116 Å². The van der Waals surface area contributed by atoms with Gasteiger partial charge in [-0.25, -0.2) is 0 Å². The summed E-state index contributed by atoms with van der Waals surface area (Å²) in [4.78, 5) is 0. The van der Waals surface area contributed by atoms with Gasteiger partial charge in [0.15, 0.2) is 0 Å². The molecule has 4 aromatic rings. The van der Waals surface area contributed by atoms with Crippen LogP contribution in [-0.2, 0) is 28.8 Å². The van der Waals surface area contributed by atoms with E-state index < -0.39 is 18.0 Å². The molecule has 2 aliphatic carbocycles. The molecule has 0 aromatic heterocycles. The molecule has 0 aliphatic heterocycles. The average molecular weight is 787 g/mol. The summed E-state index contributed by atoms with van der Waals surface area (Å²) in [6, 6.07) is 33.0. The minimum absolute atomic E-state index is 0.150. The van der Waals surface area contributed by atoms with Crippen molar-refractivity contribution < 1.29 is 18.0 Å². The fraction of sp³-hybridized carbons (Fsp3) is 0.370. The first-order valence-corrected chi connectivity index (χ1v) is 31.4. The van der Waals surface area contributed by atoms with Gasteiger partial charge in [-0.1, -0.05) is 0 Å². The van der Waals surface area contributed by atoms with Crippen molar-refractivity contribution in [3.63, 3.8) is 0 Å². The third-order valence-corrected chi connectivity index (χ3v) is 36.5. The van der Waals surface area contributed by atoms with Crippen molar-refractivity contribution in [1.82, 2.24) is 0 Å². The van der Waals surface area contributed by atoms with Crippen LogP contribution in [0, 0.1) is 0 Å². The van der Waals surface area contributed by atoms with Crippen molar-refractivity contribution in [2.24, 2.45) is 0 Å². The first kappa shape index (κ1) is 34.0. The van der Waals surface area contributed by atoms with Crippen LogP contribution in [-0.4, -0.2) is 3.76 Å². The average Bonchev–Trinajstić information content (AvgIpc) is 3.64. The molecule has 4 aromatic carbocycles. The molecule has 0 saturated heterocycles. The molecule has 0 bridgehead atoms. The first-order valence-electron chi connectivity index (χ1n) is 18.0. The summed E-state index contributed by atoms with van der Waals surface area (Å²) in [6.45, 7) is 21.0. The summed E-state index contributed by atoms with van der Waals surface area (Å²) in [5, 5.41) is 0. The van der Waals surface area contributed by atoms with Gasteiger partial charge in [0.1, 0.15) is 0 Å². The predicted octanol–water partition coefficient (Wildman–Crippen LogP) is 13.6. The van der Waals surface area contributed by atoms with E-state index in [1.54, 1.807) is 22.3 Å². The molecule has 0 amide bonds. The molecule has 1 heteroatoms. The summed E-state index contributed by atoms with van der Waals surface area (Å²) in [5.74, 6) is 0. The number of fused-ring (bicyclic) bond motifs is 2. The third-order valence-electron chi connectivity index (χ3n) is 12.0. The van der Waals surface area contributed by atoms with E-state index in [0.717, 1.165) is 12.8 Å². The number of hydrogen-bond acceptors (Lipinski definition) is 0. The van der Waals surface area contributed by atoms with E-state index in [1.165, 1.54) is 44.5 Å². The van der Waals surface area contributed by atoms with Gasteiger partial charge in [-0.3, -0.25) is 0 Å². The van der Waals surface area contributed by atoms with Crippen molar-refractivity contribution >= 4 is 15.9 Å². The molecule has 0 spiro atoms. The number of benzene rings is 4. The Hall–Kier alpha value is -2.90. The molecule has 244 valence electrons. The normalized spacial score (nSPS) is 18.0. The van der Waals surface area contributed by atoms with Gasteiger partial charge < -0.3 is 0 Å². The molecule has 47 heavy (non-hydrogen) atoms. The number of allylic oxidation sites excluding steroid dienone is 2. The second-order valence-corrected chi connectivity index (χ2v) is 43.2. The molecular formula is C46H56Hf. The Morgan fingerprint density at radius 1 is 0.553 bits per heavy atom. The molecule has 0 saturated carbocycles. The Labute approximate surface area is 286 Å². The van der Waals surface area contributed by atoms with Crippen molar-refractivity contribution in [3.05, 3.63) is 129 Å². The Balaban J connectivity index is 1.50. The van der Waals surface area contributed by atoms with Gasteiger partial charge in [0.2, 0.25) is 0 Å². The van der Waals surface area contributed by atoms with Gasteiger partial charge in [0.05, 0.1) is 0 Å². The summed E-state index contributed by atoms with van der Waals surface area (Å²) < 4.78 is 9.32. The zero-order valence-electron chi connectivity index (χ0n) is 30.9. The van der Waals surface area contributed by atoms with Gasteiger partial charge in [-0.05, 0) is 0 Å². The molecule has 2 unspecified atom stereocenters. The predicted molar refractivity (Wildman–Crippen MR) is 207 cm³/mol. The first-order chi connectivity index (χ1) is 22.1. The van der Waals surface area contributed by atoms with E-state index in [0.29, 0.717) is 7.35 Å². The van der Waals surface area contributed by atoms with Gasteiger partial charge in [-0.2, -0.15) is 0 Å². The van der Waals surface area contributed by atoms with Crippen LogP contribution >= 0.6 is 0 Å². The van der Waals surface area contributed by atoms with E-state index in [1.807, 2.05) is 0 Å². The van der Waals surface area contributed by atoms with Crippen LogP contribution in [0.4, 0.5) is 0 Å². The second kappa shape index (κ2) is 11.9. The SMILES string of the molecule is C[CH]=[Hf]([CH3])([CH3])([CH]1C(CC)=Cc2c(-c3ccc(C(C)(C)C)cc3)cccc21)[CH]1C(CC)=Cc2c(-c3ccc(C(C)(C)C)cc3)cccc21. The molecule has 0 radical (unpaired) electrons. The summed E-state index contributed by atoms with van der Waals surface area (Å²) in [7, 11) is 0. The van der Waals surface area contributed by atoms with Gasteiger partial charge >= 0.3 is 288 Å². The van der Waals surface area contributed by atoms with Crippen LogP contribution in [0.3, 0.4) is 0 Å². The maximum atomic E-state index is 2.78. The van der Waals surface area contributed by atoms with Crippen LogP contribution in [0.15, 0.2) is 96.1 Å². The topological polar surface area (TPSA) is 0 Å². The molecule has 0 nitrogen and oxygen atoms in total. The maximum absolute atomic E-state index is 4.01. The van der Waals surface area contributed by atoms with Gasteiger partial charge in [0.25, 0.3) is 0 Å². The summed E-state index contributed by atoms with van der Waals surface area (Å²) in [6.07, 6.45) is 7.37. The summed E-state index contributed by atoms with van der Waals surface area (Å²) in [5.41, 5.74) is 17.8. The fourth-order valence-electron chi connectivity index (χ4n) is 8.99. The van der Waals surface area contributed by atoms with E-state index in [-0.39, 0.29) is 10.8 Å². The fourth-order valence-corrected chi connectivity index (χ4v) is 31.9. The molecule has 2 aliphatic rings. The van der Waals surface area contributed by atoms with E-state index >= 15 is 0 Å². The van der Waals surface area contributed by atoms with E-state index in [2.05, 4.69) is 173 Å². The van der Waals surface area contributed by atoms with Crippen LogP contribution in [0.5, 0.6) is 0 Å². The third kappa shape index (κ3) is 5.69.